The normalized spacial score (nSPS) is 12.8. The van der Waals surface area contributed by atoms with Crippen LogP contribution in [0.25, 0.3) is 0 Å². The van der Waals surface area contributed by atoms with E-state index in [0.29, 0.717) is 5.92 Å². The van der Waals surface area contributed by atoms with Gasteiger partial charge in [0.1, 0.15) is 0 Å². The molecular formula is C12H16Cl2S2. The molecule has 0 spiro atoms. The molecule has 1 unspecified atom stereocenters. The van der Waals surface area contributed by atoms with Crippen LogP contribution in [-0.2, 0) is 0 Å². The van der Waals surface area contributed by atoms with E-state index in [9.17, 15) is 0 Å². The van der Waals surface area contributed by atoms with Crippen molar-refractivity contribution in [3.05, 3.63) is 28.2 Å². The third kappa shape index (κ3) is 4.79. The predicted octanol–water partition coefficient (Wildman–Crippen LogP) is 5.43. The summed E-state index contributed by atoms with van der Waals surface area (Å²) < 4.78 is 0. The van der Waals surface area contributed by atoms with Crippen molar-refractivity contribution in [1.82, 2.24) is 0 Å². The topological polar surface area (TPSA) is 0 Å². The lowest BCUT2D eigenvalue weighted by atomic mass is 10.1. The first-order valence-corrected chi connectivity index (χ1v) is 7.73. The van der Waals surface area contributed by atoms with Crippen molar-refractivity contribution in [2.24, 2.45) is 5.92 Å². The fraction of sp³-hybridized carbons (Fsp3) is 0.500. The van der Waals surface area contributed by atoms with Gasteiger partial charge in [0.05, 0.1) is 5.02 Å². The van der Waals surface area contributed by atoms with Gasteiger partial charge in [-0.05, 0) is 36.3 Å². The minimum absolute atomic E-state index is 0.647. The number of rotatable bonds is 6. The Labute approximate surface area is 118 Å². The van der Waals surface area contributed by atoms with Crippen molar-refractivity contribution in [3.8, 4) is 0 Å². The third-order valence-corrected chi connectivity index (χ3v) is 4.80. The van der Waals surface area contributed by atoms with Crippen LogP contribution in [0.4, 0.5) is 0 Å². The van der Waals surface area contributed by atoms with E-state index in [0.717, 1.165) is 26.4 Å². The summed E-state index contributed by atoms with van der Waals surface area (Å²) in [6.07, 6.45) is 2.42. The second kappa shape index (κ2) is 7.75. The van der Waals surface area contributed by atoms with E-state index in [1.807, 2.05) is 18.2 Å². The molecule has 0 radical (unpaired) electrons. The zero-order valence-electron chi connectivity index (χ0n) is 9.25. The Kier molecular flexibility index (Phi) is 7.06. The van der Waals surface area contributed by atoms with Crippen LogP contribution in [0, 0.1) is 5.92 Å². The van der Waals surface area contributed by atoms with E-state index in [4.69, 9.17) is 23.2 Å². The molecule has 0 saturated heterocycles. The van der Waals surface area contributed by atoms with Gasteiger partial charge in [-0.25, -0.2) is 0 Å². The number of thiol groups is 1. The molecule has 0 N–H and O–H groups in total. The molecular weight excluding hydrogens is 279 g/mol. The Morgan fingerprint density at radius 2 is 2.12 bits per heavy atom. The van der Waals surface area contributed by atoms with Gasteiger partial charge in [-0.1, -0.05) is 36.5 Å². The van der Waals surface area contributed by atoms with Gasteiger partial charge in [0.2, 0.25) is 0 Å². The molecule has 1 atom stereocenters. The summed E-state index contributed by atoms with van der Waals surface area (Å²) in [4.78, 5) is 1.07. The number of hydrogen-bond acceptors (Lipinski definition) is 2. The predicted molar refractivity (Wildman–Crippen MR) is 79.4 cm³/mol. The molecule has 0 aliphatic rings. The van der Waals surface area contributed by atoms with Gasteiger partial charge in [-0.15, -0.1) is 11.8 Å². The minimum atomic E-state index is 0.647. The second-order valence-electron chi connectivity index (χ2n) is 3.72. The standard InChI is InChI=1S/C12H16Cl2S2/c1-2-3-9(7-15)8-16-12-6-10(13)4-5-11(12)14/h4-6,9,15H,2-3,7-8H2,1H3. The van der Waals surface area contributed by atoms with Gasteiger partial charge in [0, 0.05) is 15.7 Å². The zero-order chi connectivity index (χ0) is 12.0. The molecule has 4 heteroatoms. The van der Waals surface area contributed by atoms with Gasteiger partial charge in [0.15, 0.2) is 0 Å². The van der Waals surface area contributed by atoms with E-state index < -0.39 is 0 Å². The molecule has 0 amide bonds. The number of hydrogen-bond donors (Lipinski definition) is 1. The quantitative estimate of drug-likeness (QED) is 0.539. The summed E-state index contributed by atoms with van der Waals surface area (Å²) >= 11 is 18.2. The van der Waals surface area contributed by atoms with E-state index in [2.05, 4.69) is 19.6 Å². The molecule has 0 aromatic heterocycles. The summed E-state index contributed by atoms with van der Waals surface area (Å²) in [6, 6.07) is 5.59. The molecule has 0 nitrogen and oxygen atoms in total. The summed E-state index contributed by atoms with van der Waals surface area (Å²) in [7, 11) is 0. The highest BCUT2D eigenvalue weighted by Gasteiger charge is 2.08. The fourth-order valence-corrected chi connectivity index (χ4v) is 3.55. The molecule has 0 heterocycles. The van der Waals surface area contributed by atoms with Crippen LogP contribution in [-0.4, -0.2) is 11.5 Å². The first-order chi connectivity index (χ1) is 7.67. The lowest BCUT2D eigenvalue weighted by Gasteiger charge is -2.13. The number of halogens is 2. The summed E-state index contributed by atoms with van der Waals surface area (Å²) in [5, 5.41) is 1.52. The first-order valence-electron chi connectivity index (χ1n) is 5.36. The van der Waals surface area contributed by atoms with Gasteiger partial charge in [-0.2, -0.15) is 12.6 Å². The van der Waals surface area contributed by atoms with Crippen molar-refractivity contribution in [3.63, 3.8) is 0 Å². The van der Waals surface area contributed by atoms with Gasteiger partial charge >= 0.3 is 0 Å². The van der Waals surface area contributed by atoms with Crippen LogP contribution >= 0.6 is 47.6 Å². The monoisotopic (exact) mass is 294 g/mol. The molecule has 0 saturated carbocycles. The van der Waals surface area contributed by atoms with Crippen LogP contribution < -0.4 is 0 Å². The maximum Gasteiger partial charge on any atom is 0.0542 e. The highest BCUT2D eigenvalue weighted by molar-refractivity contribution is 7.99. The Hall–Kier alpha value is 0.500. The van der Waals surface area contributed by atoms with Crippen molar-refractivity contribution in [2.45, 2.75) is 24.7 Å². The van der Waals surface area contributed by atoms with Crippen molar-refractivity contribution >= 4 is 47.6 Å². The molecule has 1 aromatic carbocycles. The van der Waals surface area contributed by atoms with Crippen LogP contribution in [0.15, 0.2) is 23.1 Å². The molecule has 0 aliphatic heterocycles. The Morgan fingerprint density at radius 1 is 1.38 bits per heavy atom. The summed E-state index contributed by atoms with van der Waals surface area (Å²) in [5.74, 6) is 2.63. The van der Waals surface area contributed by atoms with Gasteiger partial charge in [-0.3, -0.25) is 0 Å². The van der Waals surface area contributed by atoms with E-state index >= 15 is 0 Å². The van der Waals surface area contributed by atoms with E-state index in [1.54, 1.807) is 11.8 Å². The van der Waals surface area contributed by atoms with Crippen LogP contribution in [0.3, 0.4) is 0 Å². The van der Waals surface area contributed by atoms with E-state index in [-0.39, 0.29) is 0 Å². The molecule has 16 heavy (non-hydrogen) atoms. The van der Waals surface area contributed by atoms with Crippen molar-refractivity contribution < 1.29 is 0 Å². The smallest absolute Gasteiger partial charge is 0.0542 e. The van der Waals surface area contributed by atoms with Gasteiger partial charge < -0.3 is 0 Å². The number of benzene rings is 1. The minimum Gasteiger partial charge on any atom is -0.179 e. The molecule has 0 aliphatic carbocycles. The van der Waals surface area contributed by atoms with Crippen LogP contribution in [0.2, 0.25) is 10.0 Å². The summed E-state index contributed by atoms with van der Waals surface area (Å²) in [6.45, 7) is 2.20. The molecule has 90 valence electrons. The van der Waals surface area contributed by atoms with E-state index in [1.165, 1.54) is 12.8 Å². The highest BCUT2D eigenvalue weighted by Crippen LogP contribution is 2.31. The fourth-order valence-electron chi connectivity index (χ4n) is 1.43. The molecule has 0 fully saturated rings. The summed E-state index contributed by atoms with van der Waals surface area (Å²) in [5.41, 5.74) is 0. The average Bonchev–Trinajstić information content (AvgIpc) is 2.28. The van der Waals surface area contributed by atoms with Crippen LogP contribution in [0.5, 0.6) is 0 Å². The van der Waals surface area contributed by atoms with Gasteiger partial charge in [0.25, 0.3) is 0 Å². The molecule has 1 rings (SSSR count). The first kappa shape index (κ1) is 14.6. The maximum absolute atomic E-state index is 6.10. The molecule has 0 bridgehead atoms. The Bertz CT molecular complexity index is 329. The van der Waals surface area contributed by atoms with Crippen molar-refractivity contribution in [1.29, 1.82) is 0 Å². The Morgan fingerprint density at radius 3 is 2.75 bits per heavy atom. The highest BCUT2D eigenvalue weighted by atomic mass is 35.5. The largest absolute Gasteiger partial charge is 0.179 e. The lowest BCUT2D eigenvalue weighted by molar-refractivity contribution is 0.595. The third-order valence-electron chi connectivity index (χ3n) is 2.32. The lowest BCUT2D eigenvalue weighted by Crippen LogP contribution is -2.05. The average molecular weight is 295 g/mol. The molecule has 1 aromatic rings. The van der Waals surface area contributed by atoms with Crippen molar-refractivity contribution in [2.75, 3.05) is 11.5 Å². The maximum atomic E-state index is 6.10. The Balaban J connectivity index is 2.55. The number of thioether (sulfide) groups is 1. The second-order valence-corrected chi connectivity index (χ2v) is 5.99. The van der Waals surface area contributed by atoms with Crippen LogP contribution in [0.1, 0.15) is 19.8 Å². The zero-order valence-corrected chi connectivity index (χ0v) is 12.5. The SMILES string of the molecule is CCCC(CS)CSc1cc(Cl)ccc1Cl.